The summed E-state index contributed by atoms with van der Waals surface area (Å²) in [6, 6.07) is 24.9. The molecule has 36 heavy (non-hydrogen) atoms. The monoisotopic (exact) mass is 502 g/mol. The molecule has 0 heterocycles. The van der Waals surface area contributed by atoms with E-state index in [1.165, 1.54) is 6.42 Å². The number of halogens is 1. The van der Waals surface area contributed by atoms with Crippen LogP contribution in [0.2, 0.25) is 5.02 Å². The number of hydrogen-bond donors (Lipinski definition) is 1. The molecular weight excluding hydrogens is 468 g/mol. The fourth-order valence-electron chi connectivity index (χ4n) is 4.98. The molecule has 0 aromatic heterocycles. The maximum atomic E-state index is 13.9. The minimum absolute atomic E-state index is 0.0797. The lowest BCUT2D eigenvalue weighted by Gasteiger charge is -2.34. The lowest BCUT2D eigenvalue weighted by atomic mass is 9.94. The molecule has 4 nitrogen and oxygen atoms in total. The summed E-state index contributed by atoms with van der Waals surface area (Å²) in [6.07, 6.45) is 6.14. The second kappa shape index (κ2) is 12.7. The summed E-state index contributed by atoms with van der Waals surface area (Å²) in [5.74, 6) is -0.167. The van der Waals surface area contributed by atoms with Crippen molar-refractivity contribution in [1.82, 2.24) is 10.2 Å². The molecule has 2 amide bonds. The van der Waals surface area contributed by atoms with Crippen molar-refractivity contribution in [1.29, 1.82) is 0 Å². The van der Waals surface area contributed by atoms with Crippen molar-refractivity contribution in [2.45, 2.75) is 70.5 Å². The Morgan fingerprint density at radius 1 is 0.889 bits per heavy atom. The first kappa shape index (κ1) is 26.0. The van der Waals surface area contributed by atoms with Crippen LogP contribution < -0.4 is 5.32 Å². The lowest BCUT2D eigenvalue weighted by Crippen LogP contribution is -2.53. The Hall–Kier alpha value is -3.11. The van der Waals surface area contributed by atoms with Gasteiger partial charge >= 0.3 is 0 Å². The number of rotatable bonds is 9. The van der Waals surface area contributed by atoms with E-state index in [1.54, 1.807) is 4.90 Å². The van der Waals surface area contributed by atoms with Gasteiger partial charge in [0.05, 0.1) is 6.42 Å². The highest BCUT2D eigenvalue weighted by molar-refractivity contribution is 6.31. The summed E-state index contributed by atoms with van der Waals surface area (Å²) in [6.45, 7) is 2.29. The highest BCUT2D eigenvalue weighted by atomic mass is 35.5. The number of hydrogen-bond acceptors (Lipinski definition) is 2. The smallest absolute Gasteiger partial charge is 0.243 e. The van der Waals surface area contributed by atoms with Gasteiger partial charge in [0.1, 0.15) is 6.04 Å². The van der Waals surface area contributed by atoms with Crippen molar-refractivity contribution >= 4 is 23.4 Å². The van der Waals surface area contributed by atoms with Gasteiger partial charge in [-0.05, 0) is 48.1 Å². The third-order valence-corrected chi connectivity index (χ3v) is 7.49. The molecule has 0 bridgehead atoms. The van der Waals surface area contributed by atoms with Gasteiger partial charge < -0.3 is 10.2 Å². The van der Waals surface area contributed by atoms with Gasteiger partial charge in [0, 0.05) is 24.0 Å². The molecule has 1 saturated carbocycles. The number of benzene rings is 3. The predicted molar refractivity (Wildman–Crippen MR) is 146 cm³/mol. The highest BCUT2D eigenvalue weighted by Gasteiger charge is 2.32. The minimum atomic E-state index is -0.637. The molecule has 5 heteroatoms. The molecule has 3 aromatic rings. The Bertz CT molecular complexity index is 1160. The molecule has 1 N–H and O–H groups in total. The van der Waals surface area contributed by atoms with E-state index in [1.807, 2.05) is 85.8 Å². The largest absolute Gasteiger partial charge is 0.352 e. The van der Waals surface area contributed by atoms with Crippen LogP contribution in [0.3, 0.4) is 0 Å². The van der Waals surface area contributed by atoms with Crippen LogP contribution in [0.4, 0.5) is 0 Å². The van der Waals surface area contributed by atoms with Crippen molar-refractivity contribution in [2.75, 3.05) is 0 Å². The van der Waals surface area contributed by atoms with E-state index in [-0.39, 0.29) is 30.8 Å². The van der Waals surface area contributed by atoms with E-state index in [0.717, 1.165) is 47.9 Å². The highest BCUT2D eigenvalue weighted by Crippen LogP contribution is 2.23. The zero-order chi connectivity index (χ0) is 25.3. The number of aryl methyl sites for hydroxylation is 1. The summed E-state index contributed by atoms with van der Waals surface area (Å²) >= 11 is 6.52. The number of nitrogens with one attached hydrogen (secondary N) is 1. The maximum Gasteiger partial charge on any atom is 0.243 e. The standard InChI is InChI=1S/C31H35ClN2O2/c1-23-12-8-9-15-25(23)21-30(35)34(22-26-16-10-11-19-28(26)32)29(20-24-13-4-2-5-14-24)31(36)33-27-17-6-3-7-18-27/h2,4-5,8-16,19,27,29H,3,6-7,17-18,20-22H2,1H3,(H,33,36). The third kappa shape index (κ3) is 6.98. The van der Waals surface area contributed by atoms with E-state index < -0.39 is 6.04 Å². The molecule has 0 spiro atoms. The quantitative estimate of drug-likeness (QED) is 0.374. The lowest BCUT2D eigenvalue weighted by molar-refractivity contribution is -0.141. The van der Waals surface area contributed by atoms with Crippen molar-refractivity contribution in [3.63, 3.8) is 0 Å². The van der Waals surface area contributed by atoms with Gasteiger partial charge in [-0.25, -0.2) is 0 Å². The Morgan fingerprint density at radius 2 is 1.53 bits per heavy atom. The Morgan fingerprint density at radius 3 is 2.22 bits per heavy atom. The first-order valence-electron chi connectivity index (χ1n) is 12.9. The van der Waals surface area contributed by atoms with Gasteiger partial charge in [0.25, 0.3) is 0 Å². The maximum absolute atomic E-state index is 13.9. The molecule has 0 radical (unpaired) electrons. The van der Waals surface area contributed by atoms with E-state index in [4.69, 9.17) is 11.6 Å². The normalized spacial score (nSPS) is 14.7. The van der Waals surface area contributed by atoms with Gasteiger partial charge in [-0.3, -0.25) is 9.59 Å². The first-order chi connectivity index (χ1) is 17.5. The predicted octanol–water partition coefficient (Wildman–Crippen LogP) is 6.28. The SMILES string of the molecule is Cc1ccccc1CC(=O)N(Cc1ccccc1Cl)C(Cc1ccccc1)C(=O)NC1CCCCC1. The summed E-state index contributed by atoms with van der Waals surface area (Å²) in [7, 11) is 0. The molecule has 1 atom stereocenters. The van der Waals surface area contributed by atoms with Crippen LogP contribution in [0.5, 0.6) is 0 Å². The molecule has 1 unspecified atom stereocenters. The van der Waals surface area contributed by atoms with Gasteiger partial charge in [-0.2, -0.15) is 0 Å². The molecule has 0 aliphatic heterocycles. The van der Waals surface area contributed by atoms with Crippen LogP contribution in [0.1, 0.15) is 54.4 Å². The van der Waals surface area contributed by atoms with Crippen LogP contribution in [0, 0.1) is 6.92 Å². The topological polar surface area (TPSA) is 49.4 Å². The van der Waals surface area contributed by atoms with E-state index >= 15 is 0 Å². The van der Waals surface area contributed by atoms with Gasteiger partial charge in [0.2, 0.25) is 11.8 Å². The van der Waals surface area contributed by atoms with Crippen LogP contribution in [-0.2, 0) is 29.0 Å². The summed E-state index contributed by atoms with van der Waals surface area (Å²) in [4.78, 5) is 29.5. The summed E-state index contributed by atoms with van der Waals surface area (Å²) in [5, 5.41) is 3.88. The third-order valence-electron chi connectivity index (χ3n) is 7.12. The van der Waals surface area contributed by atoms with Crippen LogP contribution >= 0.6 is 11.6 Å². The van der Waals surface area contributed by atoms with Gasteiger partial charge in [0.15, 0.2) is 0 Å². The molecule has 1 fully saturated rings. The average molecular weight is 503 g/mol. The second-order valence-electron chi connectivity index (χ2n) is 9.77. The fraction of sp³-hybridized carbons (Fsp3) is 0.355. The average Bonchev–Trinajstić information content (AvgIpc) is 2.89. The first-order valence-corrected chi connectivity index (χ1v) is 13.3. The molecule has 1 aliphatic carbocycles. The zero-order valence-electron chi connectivity index (χ0n) is 21.0. The Balaban J connectivity index is 1.67. The Labute approximate surface area is 219 Å². The number of amides is 2. The fourth-order valence-corrected chi connectivity index (χ4v) is 5.18. The van der Waals surface area contributed by atoms with Gasteiger partial charge in [-0.15, -0.1) is 0 Å². The van der Waals surface area contributed by atoms with E-state index in [0.29, 0.717) is 11.4 Å². The molecule has 188 valence electrons. The molecule has 1 aliphatic rings. The van der Waals surface area contributed by atoms with Crippen LogP contribution in [0.15, 0.2) is 78.9 Å². The second-order valence-corrected chi connectivity index (χ2v) is 10.2. The minimum Gasteiger partial charge on any atom is -0.352 e. The molecule has 4 rings (SSSR count). The van der Waals surface area contributed by atoms with Crippen molar-refractivity contribution < 1.29 is 9.59 Å². The zero-order valence-corrected chi connectivity index (χ0v) is 21.7. The molecular formula is C31H35ClN2O2. The van der Waals surface area contributed by atoms with Crippen molar-refractivity contribution in [3.8, 4) is 0 Å². The number of carbonyl (C=O) groups is 2. The van der Waals surface area contributed by atoms with E-state index in [2.05, 4.69) is 5.32 Å². The van der Waals surface area contributed by atoms with E-state index in [9.17, 15) is 9.59 Å². The molecule has 0 saturated heterocycles. The van der Waals surface area contributed by atoms with Crippen molar-refractivity contribution in [2.24, 2.45) is 0 Å². The van der Waals surface area contributed by atoms with Crippen LogP contribution in [-0.4, -0.2) is 28.8 Å². The van der Waals surface area contributed by atoms with Gasteiger partial charge in [-0.1, -0.05) is 104 Å². The summed E-state index contributed by atoms with van der Waals surface area (Å²) < 4.78 is 0. The number of carbonyl (C=O) groups excluding carboxylic acids is 2. The van der Waals surface area contributed by atoms with Crippen molar-refractivity contribution in [3.05, 3.63) is 106 Å². The van der Waals surface area contributed by atoms with Crippen LogP contribution in [0.25, 0.3) is 0 Å². The summed E-state index contributed by atoms with van der Waals surface area (Å²) in [5.41, 5.74) is 3.89. The number of nitrogens with zero attached hydrogens (tertiary/aromatic N) is 1. The molecule has 3 aromatic carbocycles. The Kier molecular flexibility index (Phi) is 9.18.